The monoisotopic (exact) mass is 209 g/mol. The number of ether oxygens (including phenoxy) is 1. The van der Waals surface area contributed by atoms with E-state index in [0.717, 1.165) is 5.56 Å². The van der Waals surface area contributed by atoms with Crippen LogP contribution in [0, 0.1) is 0 Å². The molecule has 0 bridgehead atoms. The molecule has 0 heterocycles. The first kappa shape index (κ1) is 11.7. The van der Waals surface area contributed by atoms with E-state index in [-0.39, 0.29) is 12.3 Å². The number of amides is 1. The lowest BCUT2D eigenvalue weighted by Crippen LogP contribution is -2.18. The van der Waals surface area contributed by atoms with E-state index < -0.39 is 0 Å². The van der Waals surface area contributed by atoms with Gasteiger partial charge in [0.15, 0.2) is 0 Å². The summed E-state index contributed by atoms with van der Waals surface area (Å²) >= 11 is 0. The molecular formula is C11H15NO3. The summed E-state index contributed by atoms with van der Waals surface area (Å²) in [7, 11) is 0. The number of hydrogen-bond donors (Lipinski definition) is 2. The van der Waals surface area contributed by atoms with Crippen molar-refractivity contribution in [2.24, 2.45) is 0 Å². The molecule has 4 nitrogen and oxygen atoms in total. The van der Waals surface area contributed by atoms with E-state index in [1.54, 1.807) is 5.48 Å². The zero-order chi connectivity index (χ0) is 10.9. The minimum atomic E-state index is -0.377. The fourth-order valence-corrected chi connectivity index (χ4v) is 1.15. The Morgan fingerprint density at radius 1 is 1.33 bits per heavy atom. The van der Waals surface area contributed by atoms with Gasteiger partial charge in [-0.2, -0.15) is 0 Å². The van der Waals surface area contributed by atoms with Crippen molar-refractivity contribution in [2.75, 3.05) is 6.61 Å². The largest absolute Gasteiger partial charge is 0.377 e. The van der Waals surface area contributed by atoms with Gasteiger partial charge in [-0.25, -0.2) is 5.48 Å². The summed E-state index contributed by atoms with van der Waals surface area (Å²) < 4.78 is 5.35. The Kier molecular flexibility index (Phi) is 5.43. The van der Waals surface area contributed by atoms with E-state index in [9.17, 15) is 4.79 Å². The Balaban J connectivity index is 2.05. The van der Waals surface area contributed by atoms with Crippen LogP contribution >= 0.6 is 0 Å². The van der Waals surface area contributed by atoms with E-state index in [2.05, 4.69) is 0 Å². The number of nitrogens with one attached hydrogen (secondary N) is 1. The van der Waals surface area contributed by atoms with Gasteiger partial charge in [-0.05, 0) is 12.0 Å². The molecule has 1 aromatic carbocycles. The maximum absolute atomic E-state index is 10.6. The Bertz CT molecular complexity index is 287. The zero-order valence-corrected chi connectivity index (χ0v) is 8.48. The highest BCUT2D eigenvalue weighted by Gasteiger charge is 1.98. The predicted octanol–water partition coefficient (Wildman–Crippen LogP) is 1.49. The van der Waals surface area contributed by atoms with E-state index in [4.69, 9.17) is 9.94 Å². The topological polar surface area (TPSA) is 58.6 Å². The molecule has 0 aromatic heterocycles. The fraction of sp³-hybridized carbons (Fsp3) is 0.364. The Morgan fingerprint density at radius 2 is 2.07 bits per heavy atom. The second kappa shape index (κ2) is 6.98. The van der Waals surface area contributed by atoms with E-state index in [1.807, 2.05) is 30.3 Å². The lowest BCUT2D eigenvalue weighted by atomic mass is 10.2. The summed E-state index contributed by atoms with van der Waals surface area (Å²) in [4.78, 5) is 10.6. The van der Waals surface area contributed by atoms with E-state index in [1.165, 1.54) is 0 Å². The van der Waals surface area contributed by atoms with Crippen molar-refractivity contribution in [3.8, 4) is 0 Å². The minimum absolute atomic E-state index is 0.283. The van der Waals surface area contributed by atoms with E-state index in [0.29, 0.717) is 19.6 Å². The number of carbonyl (C=O) groups excluding carboxylic acids is 1. The van der Waals surface area contributed by atoms with Gasteiger partial charge in [0.1, 0.15) is 0 Å². The Morgan fingerprint density at radius 3 is 2.73 bits per heavy atom. The van der Waals surface area contributed by atoms with Crippen LogP contribution in [0.25, 0.3) is 0 Å². The summed E-state index contributed by atoms with van der Waals surface area (Å²) in [6, 6.07) is 9.84. The molecule has 0 radical (unpaired) electrons. The van der Waals surface area contributed by atoms with Crippen molar-refractivity contribution in [1.29, 1.82) is 0 Å². The molecule has 0 unspecified atom stereocenters. The van der Waals surface area contributed by atoms with Crippen molar-refractivity contribution >= 4 is 5.91 Å². The third-order valence-electron chi connectivity index (χ3n) is 1.93. The van der Waals surface area contributed by atoms with Crippen LogP contribution in [0.5, 0.6) is 0 Å². The Labute approximate surface area is 88.8 Å². The maximum Gasteiger partial charge on any atom is 0.243 e. The van der Waals surface area contributed by atoms with Crippen molar-refractivity contribution in [3.05, 3.63) is 35.9 Å². The number of hydroxylamine groups is 1. The van der Waals surface area contributed by atoms with Gasteiger partial charge < -0.3 is 4.74 Å². The van der Waals surface area contributed by atoms with Gasteiger partial charge in [0.05, 0.1) is 6.61 Å². The molecule has 0 spiro atoms. The molecule has 15 heavy (non-hydrogen) atoms. The van der Waals surface area contributed by atoms with Crippen LogP contribution in [0.4, 0.5) is 0 Å². The first-order chi connectivity index (χ1) is 7.33. The maximum atomic E-state index is 10.6. The van der Waals surface area contributed by atoms with Crippen LogP contribution in [0.1, 0.15) is 18.4 Å². The zero-order valence-electron chi connectivity index (χ0n) is 8.48. The molecule has 0 atom stereocenters. The molecule has 0 saturated heterocycles. The molecule has 0 fully saturated rings. The summed E-state index contributed by atoms with van der Waals surface area (Å²) in [6.07, 6.45) is 0.893. The van der Waals surface area contributed by atoms with Crippen LogP contribution < -0.4 is 5.48 Å². The second-order valence-corrected chi connectivity index (χ2v) is 3.18. The second-order valence-electron chi connectivity index (χ2n) is 3.18. The Hall–Kier alpha value is -1.39. The quantitative estimate of drug-likeness (QED) is 0.424. The van der Waals surface area contributed by atoms with Crippen molar-refractivity contribution in [1.82, 2.24) is 5.48 Å². The molecule has 0 aliphatic rings. The molecule has 1 amide bonds. The van der Waals surface area contributed by atoms with Crippen molar-refractivity contribution < 1.29 is 14.7 Å². The summed E-state index contributed by atoms with van der Waals surface area (Å²) in [5, 5.41) is 8.23. The summed E-state index contributed by atoms with van der Waals surface area (Å²) in [5.74, 6) is -0.377. The number of carbonyl (C=O) groups is 1. The first-order valence-corrected chi connectivity index (χ1v) is 4.87. The normalized spacial score (nSPS) is 9.93. The van der Waals surface area contributed by atoms with Gasteiger partial charge in [-0.3, -0.25) is 10.0 Å². The minimum Gasteiger partial charge on any atom is -0.377 e. The average molecular weight is 209 g/mol. The molecule has 0 aliphatic heterocycles. The molecule has 0 aliphatic carbocycles. The van der Waals surface area contributed by atoms with Crippen LogP contribution in [0.3, 0.4) is 0 Å². The molecule has 0 saturated carbocycles. The molecule has 2 N–H and O–H groups in total. The number of hydrogen-bond acceptors (Lipinski definition) is 3. The van der Waals surface area contributed by atoms with Gasteiger partial charge in [0.25, 0.3) is 0 Å². The molecule has 4 heteroatoms. The van der Waals surface area contributed by atoms with Gasteiger partial charge in [0, 0.05) is 13.0 Å². The van der Waals surface area contributed by atoms with Crippen molar-refractivity contribution in [3.63, 3.8) is 0 Å². The lowest BCUT2D eigenvalue weighted by molar-refractivity contribution is -0.129. The molecule has 1 rings (SSSR count). The lowest BCUT2D eigenvalue weighted by Gasteiger charge is -2.03. The molecule has 82 valence electrons. The highest BCUT2D eigenvalue weighted by Crippen LogP contribution is 2.01. The molecular weight excluding hydrogens is 194 g/mol. The summed E-state index contributed by atoms with van der Waals surface area (Å²) in [5.41, 5.74) is 2.69. The van der Waals surface area contributed by atoms with Gasteiger partial charge in [-0.15, -0.1) is 0 Å². The van der Waals surface area contributed by atoms with Crippen LogP contribution in [0.2, 0.25) is 0 Å². The van der Waals surface area contributed by atoms with Crippen molar-refractivity contribution in [2.45, 2.75) is 19.4 Å². The van der Waals surface area contributed by atoms with Crippen LogP contribution in [-0.4, -0.2) is 17.7 Å². The smallest absolute Gasteiger partial charge is 0.243 e. The number of benzene rings is 1. The van der Waals surface area contributed by atoms with Gasteiger partial charge >= 0.3 is 0 Å². The third-order valence-corrected chi connectivity index (χ3v) is 1.93. The van der Waals surface area contributed by atoms with Gasteiger partial charge in [-0.1, -0.05) is 30.3 Å². The highest BCUT2D eigenvalue weighted by atomic mass is 16.5. The molecule has 1 aromatic rings. The van der Waals surface area contributed by atoms with Crippen LogP contribution in [0.15, 0.2) is 30.3 Å². The predicted molar refractivity (Wildman–Crippen MR) is 55.3 cm³/mol. The number of rotatable bonds is 6. The first-order valence-electron chi connectivity index (χ1n) is 4.87. The van der Waals surface area contributed by atoms with Crippen LogP contribution in [-0.2, 0) is 16.1 Å². The van der Waals surface area contributed by atoms with E-state index >= 15 is 0 Å². The highest BCUT2D eigenvalue weighted by molar-refractivity contribution is 5.74. The fourth-order valence-electron chi connectivity index (χ4n) is 1.15. The third kappa shape index (κ3) is 5.15. The summed E-state index contributed by atoms with van der Waals surface area (Å²) in [6.45, 7) is 1.07. The van der Waals surface area contributed by atoms with Gasteiger partial charge in [0.2, 0.25) is 5.91 Å². The standard InChI is InChI=1S/C11H15NO3/c13-11(12-14)7-4-8-15-9-10-5-2-1-3-6-10/h1-3,5-6,14H,4,7-9H2,(H,12,13). The average Bonchev–Trinajstić information content (AvgIpc) is 2.29. The SMILES string of the molecule is O=C(CCCOCc1ccccc1)NO.